The van der Waals surface area contributed by atoms with Gasteiger partial charge in [-0.1, -0.05) is 11.8 Å². The summed E-state index contributed by atoms with van der Waals surface area (Å²) in [5, 5.41) is 9.96. The molecule has 21 heavy (non-hydrogen) atoms. The van der Waals surface area contributed by atoms with E-state index in [9.17, 15) is 0 Å². The molecule has 0 aliphatic carbocycles. The Bertz CT molecular complexity index is 588. The molecule has 0 bridgehead atoms. The van der Waals surface area contributed by atoms with Crippen molar-refractivity contribution in [3.63, 3.8) is 0 Å². The highest BCUT2D eigenvalue weighted by Crippen LogP contribution is 2.18. The second kappa shape index (κ2) is 7.44. The standard InChI is InChI=1S/C14H20N4O2S/c1-10-3-13(6-16-4-10)20-8-11(15)9-21-14-17-5-12(7-19)18(14)2/h3-6,11,19H,7-9,15H2,1-2H3/t11-/m1/s1. The van der Waals surface area contributed by atoms with Crippen LogP contribution in [0.25, 0.3) is 0 Å². The Morgan fingerprint density at radius 3 is 2.90 bits per heavy atom. The first-order valence-corrected chi connectivity index (χ1v) is 7.63. The topological polar surface area (TPSA) is 86.2 Å². The fourth-order valence-electron chi connectivity index (χ4n) is 1.75. The Hall–Kier alpha value is -1.57. The number of hydrogen-bond donors (Lipinski definition) is 2. The normalized spacial score (nSPS) is 12.4. The first-order valence-electron chi connectivity index (χ1n) is 6.64. The molecule has 2 rings (SSSR count). The van der Waals surface area contributed by atoms with Gasteiger partial charge in [0.05, 0.1) is 24.7 Å². The number of rotatable bonds is 7. The minimum absolute atomic E-state index is 0.0143. The van der Waals surface area contributed by atoms with Gasteiger partial charge in [0, 0.05) is 25.0 Å². The van der Waals surface area contributed by atoms with E-state index >= 15 is 0 Å². The van der Waals surface area contributed by atoms with Crippen LogP contribution in [0.15, 0.2) is 29.8 Å². The average Bonchev–Trinajstić information content (AvgIpc) is 2.83. The SMILES string of the molecule is Cc1cncc(OC[C@@H](N)CSc2ncc(CO)n2C)c1. The molecule has 0 saturated carbocycles. The molecular weight excluding hydrogens is 288 g/mol. The van der Waals surface area contributed by atoms with E-state index in [1.54, 1.807) is 30.4 Å². The van der Waals surface area contributed by atoms with Crippen LogP contribution in [0.5, 0.6) is 5.75 Å². The van der Waals surface area contributed by atoms with Crippen LogP contribution in [-0.4, -0.2) is 38.0 Å². The zero-order chi connectivity index (χ0) is 15.2. The van der Waals surface area contributed by atoms with Crippen molar-refractivity contribution in [1.82, 2.24) is 14.5 Å². The number of imidazole rings is 1. The molecule has 0 aliphatic rings. The molecule has 1 atom stereocenters. The molecule has 0 fully saturated rings. The molecule has 3 N–H and O–H groups in total. The van der Waals surface area contributed by atoms with Crippen LogP contribution < -0.4 is 10.5 Å². The number of nitrogens with two attached hydrogens (primary N) is 1. The number of aromatic nitrogens is 3. The molecule has 6 nitrogen and oxygen atoms in total. The number of thioether (sulfide) groups is 1. The minimum Gasteiger partial charge on any atom is -0.490 e. The molecular formula is C14H20N4O2S. The number of ether oxygens (including phenoxy) is 1. The summed E-state index contributed by atoms with van der Waals surface area (Å²) in [6.07, 6.45) is 5.13. The van der Waals surface area contributed by atoms with E-state index < -0.39 is 0 Å². The Labute approximate surface area is 128 Å². The highest BCUT2D eigenvalue weighted by Gasteiger charge is 2.10. The predicted molar refractivity (Wildman–Crippen MR) is 82.3 cm³/mol. The molecule has 2 heterocycles. The number of hydrogen-bond acceptors (Lipinski definition) is 6. The Balaban J connectivity index is 1.79. The molecule has 2 aromatic heterocycles. The third kappa shape index (κ3) is 4.45. The molecule has 0 aliphatic heterocycles. The van der Waals surface area contributed by atoms with E-state index in [2.05, 4.69) is 9.97 Å². The number of nitrogens with zero attached hydrogens (tertiary/aromatic N) is 3. The van der Waals surface area contributed by atoms with E-state index in [0.717, 1.165) is 22.2 Å². The molecule has 7 heteroatoms. The second-order valence-electron chi connectivity index (χ2n) is 4.83. The summed E-state index contributed by atoms with van der Waals surface area (Å²) >= 11 is 1.55. The van der Waals surface area contributed by atoms with Crippen molar-refractivity contribution >= 4 is 11.8 Å². The largest absolute Gasteiger partial charge is 0.490 e. The van der Waals surface area contributed by atoms with Gasteiger partial charge in [-0.15, -0.1) is 0 Å². The van der Waals surface area contributed by atoms with Crippen LogP contribution in [0.2, 0.25) is 0 Å². The van der Waals surface area contributed by atoms with Gasteiger partial charge >= 0.3 is 0 Å². The summed E-state index contributed by atoms with van der Waals surface area (Å²) in [7, 11) is 1.88. The van der Waals surface area contributed by atoms with Crippen LogP contribution in [0.3, 0.4) is 0 Å². The predicted octanol–water partition coefficient (Wildman–Crippen LogP) is 1.11. The van der Waals surface area contributed by atoms with Gasteiger partial charge in [-0.05, 0) is 18.6 Å². The molecule has 0 aromatic carbocycles. The highest BCUT2D eigenvalue weighted by molar-refractivity contribution is 7.99. The maximum absolute atomic E-state index is 9.12. The number of aliphatic hydroxyl groups is 1. The zero-order valence-electron chi connectivity index (χ0n) is 12.2. The Morgan fingerprint density at radius 1 is 1.43 bits per heavy atom. The average molecular weight is 308 g/mol. The number of aliphatic hydroxyl groups excluding tert-OH is 1. The van der Waals surface area contributed by atoms with Gasteiger partial charge in [-0.3, -0.25) is 4.98 Å². The molecule has 114 valence electrons. The zero-order valence-corrected chi connectivity index (χ0v) is 13.0. The fourth-order valence-corrected chi connectivity index (χ4v) is 2.64. The fraction of sp³-hybridized carbons (Fsp3) is 0.429. The molecule has 0 spiro atoms. The van der Waals surface area contributed by atoms with Gasteiger partial charge in [0.1, 0.15) is 12.4 Å². The maximum atomic E-state index is 9.12. The molecule has 0 unspecified atom stereocenters. The van der Waals surface area contributed by atoms with Crippen molar-refractivity contribution in [2.24, 2.45) is 12.8 Å². The second-order valence-corrected chi connectivity index (χ2v) is 5.82. The van der Waals surface area contributed by atoms with Crippen molar-refractivity contribution in [2.45, 2.75) is 24.7 Å². The van der Waals surface area contributed by atoms with Crippen LogP contribution in [-0.2, 0) is 13.7 Å². The molecule has 0 amide bonds. The summed E-state index contributed by atoms with van der Waals surface area (Å²) in [5.41, 5.74) is 7.89. The van der Waals surface area contributed by atoms with Gasteiger partial charge in [0.25, 0.3) is 0 Å². The number of pyridine rings is 1. The molecule has 0 saturated heterocycles. The van der Waals surface area contributed by atoms with Crippen LogP contribution in [0.1, 0.15) is 11.3 Å². The monoisotopic (exact) mass is 308 g/mol. The van der Waals surface area contributed by atoms with Gasteiger partial charge < -0.3 is 20.1 Å². The van der Waals surface area contributed by atoms with E-state index in [4.69, 9.17) is 15.6 Å². The van der Waals surface area contributed by atoms with Crippen molar-refractivity contribution in [2.75, 3.05) is 12.4 Å². The summed E-state index contributed by atoms with van der Waals surface area (Å²) < 4.78 is 7.49. The van der Waals surface area contributed by atoms with Crippen LogP contribution in [0.4, 0.5) is 0 Å². The van der Waals surface area contributed by atoms with Crippen molar-refractivity contribution in [3.05, 3.63) is 35.9 Å². The lowest BCUT2D eigenvalue weighted by Crippen LogP contribution is -2.30. The summed E-state index contributed by atoms with van der Waals surface area (Å²) in [6.45, 7) is 2.38. The van der Waals surface area contributed by atoms with E-state index in [1.165, 1.54) is 0 Å². The van der Waals surface area contributed by atoms with Crippen LogP contribution >= 0.6 is 11.8 Å². The molecule has 2 aromatic rings. The van der Waals surface area contributed by atoms with E-state index in [1.807, 2.05) is 24.6 Å². The van der Waals surface area contributed by atoms with Gasteiger partial charge in [0.15, 0.2) is 5.16 Å². The third-order valence-electron chi connectivity index (χ3n) is 2.94. The third-order valence-corrected chi connectivity index (χ3v) is 4.18. The van der Waals surface area contributed by atoms with Crippen molar-refractivity contribution in [1.29, 1.82) is 0 Å². The minimum atomic E-state index is -0.107. The van der Waals surface area contributed by atoms with Crippen LogP contribution in [0, 0.1) is 6.92 Å². The quantitative estimate of drug-likeness (QED) is 0.745. The smallest absolute Gasteiger partial charge is 0.168 e. The van der Waals surface area contributed by atoms with E-state index in [0.29, 0.717) is 12.4 Å². The van der Waals surface area contributed by atoms with E-state index in [-0.39, 0.29) is 12.6 Å². The summed E-state index contributed by atoms with van der Waals surface area (Å²) in [6, 6.07) is 1.82. The Morgan fingerprint density at radius 2 is 2.24 bits per heavy atom. The van der Waals surface area contributed by atoms with Gasteiger partial charge in [-0.2, -0.15) is 0 Å². The maximum Gasteiger partial charge on any atom is 0.168 e. The lowest BCUT2D eigenvalue weighted by atomic mass is 10.3. The summed E-state index contributed by atoms with van der Waals surface area (Å²) in [5.74, 6) is 1.42. The van der Waals surface area contributed by atoms with Crippen molar-refractivity contribution in [3.8, 4) is 5.75 Å². The first kappa shape index (κ1) is 15.8. The first-order chi connectivity index (χ1) is 10.1. The number of aryl methyl sites for hydroxylation is 1. The van der Waals surface area contributed by atoms with Gasteiger partial charge in [0.2, 0.25) is 0 Å². The molecule has 0 radical (unpaired) electrons. The summed E-state index contributed by atoms with van der Waals surface area (Å²) in [4.78, 5) is 8.32. The van der Waals surface area contributed by atoms with Gasteiger partial charge in [-0.25, -0.2) is 4.98 Å². The van der Waals surface area contributed by atoms with Crippen molar-refractivity contribution < 1.29 is 9.84 Å². The highest BCUT2D eigenvalue weighted by atomic mass is 32.2. The Kier molecular flexibility index (Phi) is 5.60. The lowest BCUT2D eigenvalue weighted by molar-refractivity contribution is 0.271. The lowest BCUT2D eigenvalue weighted by Gasteiger charge is -2.13.